The SMILES string of the molecule is CCCOC(=O)[C@H](C)NP(=O)(Oc1ccccc1)C(F)c1ccc2ccc(C(=O)N[C@H]3CCCC[C@H]4CC[C@@H](C(=O)N5CC(c6ccccc6)CC56CC6)N4C3=O)cc2c1. The fourth-order valence-corrected chi connectivity index (χ4v) is 11.4. The zero-order valence-electron chi connectivity index (χ0n) is 34.3. The molecule has 3 saturated heterocycles. The molecule has 60 heavy (non-hydrogen) atoms. The first-order valence-electron chi connectivity index (χ1n) is 21.4. The number of nitrogens with one attached hydrogen (secondary N) is 2. The maximum absolute atomic E-state index is 16.6. The summed E-state index contributed by atoms with van der Waals surface area (Å²) in [5.41, 5.74) is 1.40. The van der Waals surface area contributed by atoms with Gasteiger partial charge < -0.3 is 24.4 Å². The lowest BCUT2D eigenvalue weighted by atomic mass is 9.96. The van der Waals surface area contributed by atoms with E-state index in [1.54, 1.807) is 59.5 Å². The fraction of sp³-hybridized carbons (Fsp3) is 0.447. The molecule has 0 aromatic heterocycles. The number of halogens is 1. The molecule has 4 aliphatic rings. The van der Waals surface area contributed by atoms with Crippen LogP contribution < -0.4 is 14.9 Å². The van der Waals surface area contributed by atoms with Crippen LogP contribution in [0.25, 0.3) is 10.8 Å². The molecule has 316 valence electrons. The number of carbonyl (C=O) groups is 4. The van der Waals surface area contributed by atoms with Crippen LogP contribution in [0.5, 0.6) is 5.75 Å². The highest BCUT2D eigenvalue weighted by Gasteiger charge is 2.58. The zero-order chi connectivity index (χ0) is 42.0. The van der Waals surface area contributed by atoms with Crippen LogP contribution in [-0.2, 0) is 23.7 Å². The monoisotopic (exact) mass is 836 g/mol. The van der Waals surface area contributed by atoms with Crippen molar-refractivity contribution in [3.05, 3.63) is 114 Å². The van der Waals surface area contributed by atoms with Crippen LogP contribution >= 0.6 is 7.52 Å². The Labute approximate surface area is 350 Å². The quantitative estimate of drug-likeness (QED) is 0.101. The Hall–Kier alpha value is -5.06. The summed E-state index contributed by atoms with van der Waals surface area (Å²) in [6, 6.07) is 25.7. The van der Waals surface area contributed by atoms with Gasteiger partial charge in [-0.3, -0.25) is 23.7 Å². The molecular weight excluding hydrogens is 783 g/mol. The van der Waals surface area contributed by atoms with E-state index in [1.165, 1.54) is 24.6 Å². The van der Waals surface area contributed by atoms with E-state index in [0.29, 0.717) is 36.6 Å². The van der Waals surface area contributed by atoms with Crippen LogP contribution in [0.3, 0.4) is 0 Å². The lowest BCUT2D eigenvalue weighted by molar-refractivity contribution is -0.148. The topological polar surface area (TPSA) is 134 Å². The Balaban J connectivity index is 0.994. The maximum Gasteiger partial charge on any atom is 0.355 e. The van der Waals surface area contributed by atoms with E-state index in [0.717, 1.165) is 44.9 Å². The molecule has 4 aromatic carbocycles. The van der Waals surface area contributed by atoms with Crippen molar-refractivity contribution < 1.29 is 37.4 Å². The minimum atomic E-state index is -4.46. The Bertz CT molecular complexity index is 2270. The summed E-state index contributed by atoms with van der Waals surface area (Å²) in [7, 11) is -4.46. The van der Waals surface area contributed by atoms with Crippen molar-refractivity contribution >= 4 is 42.0 Å². The minimum Gasteiger partial charge on any atom is -0.465 e. The summed E-state index contributed by atoms with van der Waals surface area (Å²) >= 11 is 0. The first-order valence-corrected chi connectivity index (χ1v) is 23.1. The molecule has 7 atom stereocenters. The minimum absolute atomic E-state index is 0.0213. The molecule has 1 aliphatic carbocycles. The van der Waals surface area contributed by atoms with Crippen molar-refractivity contribution in [3.63, 3.8) is 0 Å². The molecule has 0 radical (unpaired) electrons. The predicted octanol–water partition coefficient (Wildman–Crippen LogP) is 8.59. The molecule has 4 aromatic rings. The van der Waals surface area contributed by atoms with E-state index in [2.05, 4.69) is 27.4 Å². The average Bonchev–Trinajstić information content (AvgIpc) is 3.75. The Morgan fingerprint density at radius 2 is 1.62 bits per heavy atom. The molecule has 1 saturated carbocycles. The molecular formula is C47H54FN4O7P. The molecule has 3 amide bonds. The summed E-state index contributed by atoms with van der Waals surface area (Å²) in [5, 5.41) is 6.82. The normalized spacial score (nSPS) is 24.1. The number of hydrogen-bond acceptors (Lipinski definition) is 7. The molecule has 13 heteroatoms. The Morgan fingerprint density at radius 3 is 2.35 bits per heavy atom. The average molecular weight is 837 g/mol. The number of carbonyl (C=O) groups excluding carboxylic acids is 4. The second-order valence-corrected chi connectivity index (χ2v) is 19.1. The summed E-state index contributed by atoms with van der Waals surface area (Å²) in [4.78, 5) is 59.5. The maximum atomic E-state index is 16.6. The highest BCUT2D eigenvalue weighted by Crippen LogP contribution is 2.58. The third-order valence-electron chi connectivity index (χ3n) is 12.8. The lowest BCUT2D eigenvalue weighted by Gasteiger charge is -2.37. The number of alkyl halides is 1. The van der Waals surface area contributed by atoms with Gasteiger partial charge in [0.05, 0.1) is 6.61 Å². The predicted molar refractivity (Wildman–Crippen MR) is 227 cm³/mol. The van der Waals surface area contributed by atoms with E-state index in [-0.39, 0.29) is 52.8 Å². The van der Waals surface area contributed by atoms with Crippen molar-refractivity contribution in [2.24, 2.45) is 0 Å². The summed E-state index contributed by atoms with van der Waals surface area (Å²) in [6.07, 6.45) is 7.80. The van der Waals surface area contributed by atoms with Gasteiger partial charge in [-0.2, -0.15) is 0 Å². The summed E-state index contributed by atoms with van der Waals surface area (Å²) < 4.78 is 42.0. The van der Waals surface area contributed by atoms with E-state index in [1.807, 2.05) is 25.1 Å². The Morgan fingerprint density at radius 1 is 0.900 bits per heavy atom. The number of amides is 3. The van der Waals surface area contributed by atoms with Crippen molar-refractivity contribution in [2.45, 2.75) is 120 Å². The van der Waals surface area contributed by atoms with Gasteiger partial charge in [0, 0.05) is 29.6 Å². The van der Waals surface area contributed by atoms with Gasteiger partial charge in [0.15, 0.2) is 0 Å². The number of fused-ring (bicyclic) bond motifs is 2. The number of benzene rings is 4. The molecule has 2 N–H and O–H groups in total. The van der Waals surface area contributed by atoms with Crippen LogP contribution in [0.15, 0.2) is 97.1 Å². The van der Waals surface area contributed by atoms with Crippen LogP contribution in [-0.4, -0.2) is 76.3 Å². The van der Waals surface area contributed by atoms with Crippen molar-refractivity contribution in [2.75, 3.05) is 13.2 Å². The number of ether oxygens (including phenoxy) is 1. The van der Waals surface area contributed by atoms with Crippen LogP contribution in [0.2, 0.25) is 0 Å². The number of nitrogens with zero attached hydrogens (tertiary/aromatic N) is 2. The second-order valence-electron chi connectivity index (χ2n) is 17.0. The highest BCUT2D eigenvalue weighted by molar-refractivity contribution is 7.57. The molecule has 1 spiro atoms. The van der Waals surface area contributed by atoms with Crippen LogP contribution in [0, 0.1) is 0 Å². The van der Waals surface area contributed by atoms with Gasteiger partial charge in [0.25, 0.3) is 5.91 Å². The van der Waals surface area contributed by atoms with Gasteiger partial charge in [-0.15, -0.1) is 0 Å². The largest absolute Gasteiger partial charge is 0.465 e. The van der Waals surface area contributed by atoms with E-state index in [4.69, 9.17) is 9.26 Å². The molecule has 3 aliphatic heterocycles. The number of hydrogen-bond donors (Lipinski definition) is 2. The van der Waals surface area contributed by atoms with Gasteiger partial charge in [0.2, 0.25) is 17.7 Å². The highest BCUT2D eigenvalue weighted by atomic mass is 31.2. The number of para-hydroxylation sites is 1. The second kappa shape index (κ2) is 17.5. The van der Waals surface area contributed by atoms with Crippen molar-refractivity contribution in [1.82, 2.24) is 20.2 Å². The van der Waals surface area contributed by atoms with Crippen molar-refractivity contribution in [3.8, 4) is 5.75 Å². The molecule has 0 bridgehead atoms. The van der Waals surface area contributed by atoms with E-state index < -0.39 is 43.4 Å². The lowest BCUT2D eigenvalue weighted by Crippen LogP contribution is -2.57. The van der Waals surface area contributed by atoms with Crippen LogP contribution in [0.4, 0.5) is 4.39 Å². The zero-order valence-corrected chi connectivity index (χ0v) is 35.2. The van der Waals surface area contributed by atoms with Crippen molar-refractivity contribution in [1.29, 1.82) is 0 Å². The molecule has 8 rings (SSSR count). The van der Waals surface area contributed by atoms with Gasteiger partial charge in [-0.1, -0.05) is 86.5 Å². The molecule has 3 heterocycles. The third-order valence-corrected chi connectivity index (χ3v) is 14.9. The molecule has 3 unspecified atom stereocenters. The third kappa shape index (κ3) is 8.59. The van der Waals surface area contributed by atoms with Gasteiger partial charge >= 0.3 is 13.5 Å². The van der Waals surface area contributed by atoms with E-state index in [9.17, 15) is 23.7 Å². The summed E-state index contributed by atoms with van der Waals surface area (Å²) in [6.45, 7) is 4.11. The van der Waals surface area contributed by atoms with Gasteiger partial charge in [-0.05, 0) is 111 Å². The first-order chi connectivity index (χ1) is 29.0. The van der Waals surface area contributed by atoms with Gasteiger partial charge in [-0.25, -0.2) is 9.48 Å². The number of esters is 1. The smallest absolute Gasteiger partial charge is 0.355 e. The fourth-order valence-electron chi connectivity index (χ4n) is 9.44. The molecule has 4 fully saturated rings. The number of rotatable bonds is 13. The summed E-state index contributed by atoms with van der Waals surface area (Å²) in [5.74, 6) is -3.10. The van der Waals surface area contributed by atoms with Crippen LogP contribution in [0.1, 0.15) is 111 Å². The number of likely N-dealkylation sites (tertiary alicyclic amines) is 1. The molecule has 11 nitrogen and oxygen atoms in total. The first kappa shape index (κ1) is 41.7. The van der Waals surface area contributed by atoms with E-state index >= 15 is 4.39 Å². The Kier molecular flexibility index (Phi) is 12.2. The standard InChI is InChI=1S/C47H54FN4O7P/c1-3-26-58-46(56)31(2)50-60(57,59-39-15-8-5-9-16-39)42(48)34-20-18-33-19-21-35(28-36(33)27-34)43(53)49-40-17-11-10-14-38-22-23-41(52(38)44(40)54)45(55)51-30-37(29-47(51)24-25-47)32-12-6-4-7-13-32/h4-9,12-13,15-16,18-21,27-28,31,37-38,40-42H,3,10-11,14,17,22-26,29-30H2,1-2H3,(H,49,53)(H,50,57)/t31-,37?,38-,40-,41-,42?,60?/m0/s1. The van der Waals surface area contributed by atoms with Gasteiger partial charge in [0.1, 0.15) is 23.9 Å².